The Morgan fingerprint density at radius 3 is 2.78 bits per heavy atom. The minimum Gasteiger partial charge on any atom is -0.384 e. The molecule has 1 amide bonds. The van der Waals surface area contributed by atoms with Gasteiger partial charge in [0.1, 0.15) is 6.61 Å². The zero-order valence-electron chi connectivity index (χ0n) is 10.6. The van der Waals surface area contributed by atoms with E-state index >= 15 is 0 Å². The zero-order chi connectivity index (χ0) is 13.1. The first kappa shape index (κ1) is 13.1. The molecule has 0 aliphatic carbocycles. The molecule has 0 radical (unpaired) electrons. The van der Waals surface area contributed by atoms with Gasteiger partial charge in [-0.3, -0.25) is 4.79 Å². The molecule has 1 aromatic heterocycles. The number of likely N-dealkylation sites (tertiary alicyclic amines) is 1. The second-order valence-electron chi connectivity index (χ2n) is 4.82. The van der Waals surface area contributed by atoms with E-state index in [9.17, 15) is 4.79 Å². The average Bonchev–Trinajstić information content (AvgIpc) is 2.94. The highest BCUT2D eigenvalue weighted by Gasteiger charge is 2.30. The molecule has 2 atom stereocenters. The van der Waals surface area contributed by atoms with Crippen LogP contribution in [0.2, 0.25) is 0 Å². The van der Waals surface area contributed by atoms with Gasteiger partial charge in [-0.15, -0.1) is 11.3 Å². The van der Waals surface area contributed by atoms with Crippen molar-refractivity contribution in [3.05, 3.63) is 21.9 Å². The Morgan fingerprint density at radius 1 is 1.50 bits per heavy atom. The first-order chi connectivity index (χ1) is 8.61. The van der Waals surface area contributed by atoms with E-state index in [0.29, 0.717) is 17.4 Å². The van der Waals surface area contributed by atoms with Gasteiger partial charge < -0.3 is 10.0 Å². The van der Waals surface area contributed by atoms with Crippen LogP contribution in [-0.2, 0) is 0 Å². The normalized spacial score (nSPS) is 22.7. The first-order valence-electron chi connectivity index (χ1n) is 6.09. The van der Waals surface area contributed by atoms with E-state index < -0.39 is 0 Å². The van der Waals surface area contributed by atoms with Gasteiger partial charge in [0.25, 0.3) is 5.91 Å². The number of hydrogen-bond donors (Lipinski definition) is 1. The lowest BCUT2D eigenvalue weighted by atomic mass is 10.0. The van der Waals surface area contributed by atoms with E-state index in [2.05, 4.69) is 25.7 Å². The monoisotopic (exact) mass is 263 g/mol. The molecule has 1 fully saturated rings. The number of rotatable bonds is 1. The number of aliphatic hydroxyl groups is 1. The third-order valence-corrected chi connectivity index (χ3v) is 4.26. The third-order valence-electron chi connectivity index (χ3n) is 3.41. The molecule has 0 bridgehead atoms. The van der Waals surface area contributed by atoms with E-state index in [-0.39, 0.29) is 12.5 Å². The largest absolute Gasteiger partial charge is 0.384 e. The minimum atomic E-state index is -0.150. The molecule has 1 aliphatic rings. The molecule has 0 spiro atoms. The Kier molecular flexibility index (Phi) is 4.05. The van der Waals surface area contributed by atoms with Gasteiger partial charge in [-0.2, -0.15) is 0 Å². The molecule has 2 rings (SSSR count). The van der Waals surface area contributed by atoms with Crippen molar-refractivity contribution in [3.8, 4) is 11.8 Å². The summed E-state index contributed by atoms with van der Waals surface area (Å²) in [4.78, 5) is 15.0. The Bertz CT molecular complexity index is 487. The van der Waals surface area contributed by atoms with Gasteiger partial charge >= 0.3 is 0 Å². The summed E-state index contributed by atoms with van der Waals surface area (Å²) in [7, 11) is 0. The first-order valence-corrected chi connectivity index (χ1v) is 6.97. The van der Waals surface area contributed by atoms with Crippen molar-refractivity contribution in [2.75, 3.05) is 19.7 Å². The molecule has 1 aromatic rings. The maximum atomic E-state index is 12.3. The van der Waals surface area contributed by atoms with Crippen molar-refractivity contribution >= 4 is 17.2 Å². The van der Waals surface area contributed by atoms with Crippen LogP contribution in [0.15, 0.2) is 11.4 Å². The maximum absolute atomic E-state index is 12.3. The highest BCUT2D eigenvalue weighted by molar-refractivity contribution is 7.10. The van der Waals surface area contributed by atoms with Crippen LogP contribution in [-0.4, -0.2) is 35.6 Å². The Labute approximate surface area is 111 Å². The van der Waals surface area contributed by atoms with Crippen molar-refractivity contribution in [1.29, 1.82) is 0 Å². The highest BCUT2D eigenvalue weighted by Crippen LogP contribution is 2.25. The van der Waals surface area contributed by atoms with Crippen LogP contribution in [0.1, 0.15) is 29.1 Å². The number of aliphatic hydroxyl groups excluding tert-OH is 1. The van der Waals surface area contributed by atoms with E-state index in [0.717, 1.165) is 18.0 Å². The van der Waals surface area contributed by atoms with Crippen LogP contribution in [0.5, 0.6) is 0 Å². The standard InChI is InChI=1S/C14H17NO2S/c1-10-7-15(8-11(10)2)14(17)12-6-13(18-9-12)4-3-5-16/h6,9-11,16H,5,7-8H2,1-2H3. The van der Waals surface area contributed by atoms with Crippen LogP contribution < -0.4 is 0 Å². The zero-order valence-corrected chi connectivity index (χ0v) is 11.5. The van der Waals surface area contributed by atoms with Crippen LogP contribution in [0.25, 0.3) is 0 Å². The Morgan fingerprint density at radius 2 is 2.17 bits per heavy atom. The average molecular weight is 263 g/mol. The predicted octanol–water partition coefficient (Wildman–Crippen LogP) is 1.82. The summed E-state index contributed by atoms with van der Waals surface area (Å²) in [6, 6.07) is 1.81. The topological polar surface area (TPSA) is 40.5 Å². The number of carbonyl (C=O) groups is 1. The summed E-state index contributed by atoms with van der Waals surface area (Å²) in [5.41, 5.74) is 0.712. The Balaban J connectivity index is 2.08. The van der Waals surface area contributed by atoms with Crippen molar-refractivity contribution in [3.63, 3.8) is 0 Å². The molecule has 2 unspecified atom stereocenters. The Hall–Kier alpha value is -1.31. The number of nitrogens with zero attached hydrogens (tertiary/aromatic N) is 1. The fourth-order valence-corrected chi connectivity index (χ4v) is 2.87. The van der Waals surface area contributed by atoms with Gasteiger partial charge in [0.2, 0.25) is 0 Å². The lowest BCUT2D eigenvalue weighted by Crippen LogP contribution is -2.28. The number of amides is 1. The third kappa shape index (κ3) is 2.74. The van der Waals surface area contributed by atoms with Crippen molar-refractivity contribution in [2.24, 2.45) is 11.8 Å². The number of thiophene rings is 1. The number of carbonyl (C=O) groups excluding carboxylic acids is 1. The van der Waals surface area contributed by atoms with Gasteiger partial charge in [0.05, 0.1) is 10.4 Å². The van der Waals surface area contributed by atoms with Gasteiger partial charge in [-0.1, -0.05) is 25.7 Å². The second-order valence-corrected chi connectivity index (χ2v) is 5.74. The summed E-state index contributed by atoms with van der Waals surface area (Å²) >= 11 is 1.45. The maximum Gasteiger partial charge on any atom is 0.254 e. The fourth-order valence-electron chi connectivity index (χ4n) is 2.12. The molecule has 0 saturated carbocycles. The molecular weight excluding hydrogens is 246 g/mol. The molecule has 0 aromatic carbocycles. The van der Waals surface area contributed by atoms with Gasteiger partial charge in [0.15, 0.2) is 0 Å². The van der Waals surface area contributed by atoms with E-state index in [1.807, 2.05) is 16.3 Å². The minimum absolute atomic E-state index is 0.0968. The van der Waals surface area contributed by atoms with Gasteiger partial charge in [-0.05, 0) is 17.9 Å². The van der Waals surface area contributed by atoms with Crippen LogP contribution >= 0.6 is 11.3 Å². The van der Waals surface area contributed by atoms with Crippen molar-refractivity contribution < 1.29 is 9.90 Å². The van der Waals surface area contributed by atoms with E-state index in [1.54, 1.807) is 0 Å². The van der Waals surface area contributed by atoms with Gasteiger partial charge in [-0.25, -0.2) is 0 Å². The lowest BCUT2D eigenvalue weighted by molar-refractivity contribution is 0.0785. The summed E-state index contributed by atoms with van der Waals surface area (Å²) in [6.07, 6.45) is 0. The van der Waals surface area contributed by atoms with Crippen molar-refractivity contribution in [1.82, 2.24) is 4.90 Å². The van der Waals surface area contributed by atoms with E-state index in [4.69, 9.17) is 5.11 Å². The number of hydrogen-bond acceptors (Lipinski definition) is 3. The molecule has 18 heavy (non-hydrogen) atoms. The molecule has 96 valence electrons. The fraction of sp³-hybridized carbons (Fsp3) is 0.500. The molecule has 1 saturated heterocycles. The second kappa shape index (κ2) is 5.55. The summed E-state index contributed by atoms with van der Waals surface area (Å²) in [5, 5.41) is 10.5. The quantitative estimate of drug-likeness (QED) is 0.785. The lowest BCUT2D eigenvalue weighted by Gasteiger charge is -2.14. The van der Waals surface area contributed by atoms with Crippen LogP contribution in [0.3, 0.4) is 0 Å². The molecule has 4 heteroatoms. The van der Waals surface area contributed by atoms with Crippen LogP contribution in [0.4, 0.5) is 0 Å². The smallest absolute Gasteiger partial charge is 0.254 e. The molecule has 3 nitrogen and oxygen atoms in total. The van der Waals surface area contributed by atoms with Gasteiger partial charge in [0, 0.05) is 18.5 Å². The predicted molar refractivity (Wildman–Crippen MR) is 72.5 cm³/mol. The molecule has 1 aliphatic heterocycles. The highest BCUT2D eigenvalue weighted by atomic mass is 32.1. The molecule has 2 heterocycles. The van der Waals surface area contributed by atoms with Crippen molar-refractivity contribution in [2.45, 2.75) is 13.8 Å². The molecule has 1 N–H and O–H groups in total. The van der Waals surface area contributed by atoms with Crippen LogP contribution in [0, 0.1) is 23.7 Å². The SMILES string of the molecule is CC1CN(C(=O)c2csc(C#CCO)c2)CC1C. The summed E-state index contributed by atoms with van der Waals surface area (Å²) in [5.74, 6) is 6.65. The van der Waals surface area contributed by atoms with E-state index in [1.165, 1.54) is 11.3 Å². The summed E-state index contributed by atoms with van der Waals surface area (Å²) < 4.78 is 0. The summed E-state index contributed by atoms with van der Waals surface area (Å²) in [6.45, 7) is 5.90. The molecular formula is C14H17NO2S.